The van der Waals surface area contributed by atoms with Gasteiger partial charge in [0, 0.05) is 19.0 Å². The highest BCUT2D eigenvalue weighted by molar-refractivity contribution is 5.76. The van der Waals surface area contributed by atoms with Gasteiger partial charge in [-0.2, -0.15) is 0 Å². The molecule has 1 unspecified atom stereocenters. The smallest absolute Gasteiger partial charge is 0.220 e. The topological polar surface area (TPSA) is 41.1 Å². The zero-order chi connectivity index (χ0) is 11.8. The van der Waals surface area contributed by atoms with Crippen LogP contribution in [0.15, 0.2) is 0 Å². The van der Waals surface area contributed by atoms with Gasteiger partial charge in [-0.05, 0) is 25.3 Å². The fourth-order valence-electron chi connectivity index (χ4n) is 1.29. The van der Waals surface area contributed by atoms with Crippen LogP contribution in [0.25, 0.3) is 0 Å². The third kappa shape index (κ3) is 7.37. The van der Waals surface area contributed by atoms with Crippen molar-refractivity contribution in [1.82, 2.24) is 10.6 Å². The number of carbonyl (C=O) groups is 1. The molecule has 90 valence electrons. The Labute approximate surface area is 94.0 Å². The minimum atomic E-state index is 0.168. The van der Waals surface area contributed by atoms with Crippen molar-refractivity contribution < 1.29 is 4.79 Å². The minimum absolute atomic E-state index is 0.168. The Morgan fingerprint density at radius 2 is 1.80 bits per heavy atom. The first kappa shape index (κ1) is 14.4. The molecule has 0 saturated carbocycles. The average Bonchev–Trinajstić information content (AvgIpc) is 2.15. The van der Waals surface area contributed by atoms with Crippen molar-refractivity contribution in [1.29, 1.82) is 0 Å². The highest BCUT2D eigenvalue weighted by atomic mass is 16.1. The second-order valence-electron chi connectivity index (χ2n) is 4.69. The summed E-state index contributed by atoms with van der Waals surface area (Å²) in [6, 6.07) is 0.355. The van der Waals surface area contributed by atoms with E-state index in [0.717, 1.165) is 13.1 Å². The summed E-state index contributed by atoms with van der Waals surface area (Å²) in [5, 5.41) is 6.21. The molecule has 3 heteroatoms. The van der Waals surface area contributed by atoms with Crippen LogP contribution in [-0.4, -0.2) is 25.0 Å². The fraction of sp³-hybridized carbons (Fsp3) is 0.917. The maximum Gasteiger partial charge on any atom is 0.220 e. The van der Waals surface area contributed by atoms with Crippen molar-refractivity contribution in [3.8, 4) is 0 Å². The standard InChI is InChI=1S/C12H26N2O/c1-6-13-11(5)8-14-12(15)7-10(4)9(2)3/h9-11,13H,6-8H2,1-5H3,(H,14,15)/t10?,11-/m1/s1. The summed E-state index contributed by atoms with van der Waals surface area (Å²) in [5.41, 5.74) is 0. The van der Waals surface area contributed by atoms with Crippen molar-refractivity contribution in [2.24, 2.45) is 11.8 Å². The lowest BCUT2D eigenvalue weighted by molar-refractivity contribution is -0.122. The van der Waals surface area contributed by atoms with Crippen LogP contribution in [0.1, 0.15) is 41.0 Å². The molecule has 0 aromatic rings. The van der Waals surface area contributed by atoms with E-state index in [1.807, 2.05) is 0 Å². The van der Waals surface area contributed by atoms with E-state index in [0.29, 0.717) is 24.3 Å². The molecule has 3 nitrogen and oxygen atoms in total. The lowest BCUT2D eigenvalue weighted by atomic mass is 9.94. The van der Waals surface area contributed by atoms with Crippen LogP contribution in [0.2, 0.25) is 0 Å². The molecule has 0 heterocycles. The monoisotopic (exact) mass is 214 g/mol. The van der Waals surface area contributed by atoms with Crippen molar-refractivity contribution >= 4 is 5.91 Å². The number of hydrogen-bond donors (Lipinski definition) is 2. The first-order chi connectivity index (χ1) is 6.97. The van der Waals surface area contributed by atoms with Crippen molar-refractivity contribution in [3.63, 3.8) is 0 Å². The van der Waals surface area contributed by atoms with Gasteiger partial charge in [0.2, 0.25) is 5.91 Å². The van der Waals surface area contributed by atoms with Crippen LogP contribution in [0, 0.1) is 11.8 Å². The molecule has 0 aromatic heterocycles. The van der Waals surface area contributed by atoms with E-state index in [1.165, 1.54) is 0 Å². The maximum absolute atomic E-state index is 11.5. The van der Waals surface area contributed by atoms with E-state index >= 15 is 0 Å². The zero-order valence-electron chi connectivity index (χ0n) is 10.8. The summed E-state index contributed by atoms with van der Waals surface area (Å²) in [7, 11) is 0. The van der Waals surface area contributed by atoms with Crippen molar-refractivity contribution in [3.05, 3.63) is 0 Å². The van der Waals surface area contributed by atoms with Crippen molar-refractivity contribution in [2.75, 3.05) is 13.1 Å². The Balaban J connectivity index is 3.66. The Bertz CT molecular complexity index is 180. The summed E-state index contributed by atoms with van der Waals surface area (Å²) in [6.07, 6.45) is 0.635. The van der Waals surface area contributed by atoms with Gasteiger partial charge in [0.25, 0.3) is 0 Å². The van der Waals surface area contributed by atoms with E-state index < -0.39 is 0 Å². The summed E-state index contributed by atoms with van der Waals surface area (Å²) < 4.78 is 0. The fourth-order valence-corrected chi connectivity index (χ4v) is 1.29. The van der Waals surface area contributed by atoms with Gasteiger partial charge in [-0.25, -0.2) is 0 Å². The number of hydrogen-bond acceptors (Lipinski definition) is 2. The normalized spacial score (nSPS) is 15.1. The molecule has 0 fully saturated rings. The van der Waals surface area contributed by atoms with Gasteiger partial charge in [0.05, 0.1) is 0 Å². The molecular weight excluding hydrogens is 188 g/mol. The van der Waals surface area contributed by atoms with E-state index in [1.54, 1.807) is 0 Å². The first-order valence-electron chi connectivity index (χ1n) is 5.97. The Morgan fingerprint density at radius 1 is 1.20 bits per heavy atom. The Morgan fingerprint density at radius 3 is 2.27 bits per heavy atom. The van der Waals surface area contributed by atoms with Crippen LogP contribution in [0.4, 0.5) is 0 Å². The predicted octanol–water partition coefficient (Wildman–Crippen LogP) is 1.78. The summed E-state index contributed by atoms with van der Waals surface area (Å²) >= 11 is 0. The molecular formula is C12H26N2O. The minimum Gasteiger partial charge on any atom is -0.355 e. The van der Waals surface area contributed by atoms with E-state index in [2.05, 4.69) is 45.3 Å². The number of likely N-dealkylation sites (N-methyl/N-ethyl adjacent to an activating group) is 1. The molecule has 0 rings (SSSR count). The lowest BCUT2D eigenvalue weighted by Gasteiger charge is -2.17. The highest BCUT2D eigenvalue weighted by Crippen LogP contribution is 2.13. The summed E-state index contributed by atoms with van der Waals surface area (Å²) in [5.74, 6) is 1.20. The van der Waals surface area contributed by atoms with Crippen LogP contribution in [0.5, 0.6) is 0 Å². The van der Waals surface area contributed by atoms with Gasteiger partial charge in [-0.3, -0.25) is 4.79 Å². The zero-order valence-corrected chi connectivity index (χ0v) is 10.8. The molecule has 15 heavy (non-hydrogen) atoms. The van der Waals surface area contributed by atoms with Gasteiger partial charge >= 0.3 is 0 Å². The van der Waals surface area contributed by atoms with Gasteiger partial charge < -0.3 is 10.6 Å². The number of nitrogens with one attached hydrogen (secondary N) is 2. The number of rotatable bonds is 7. The van der Waals surface area contributed by atoms with Crippen LogP contribution in [0.3, 0.4) is 0 Å². The second-order valence-corrected chi connectivity index (χ2v) is 4.69. The Kier molecular flexibility index (Phi) is 7.39. The largest absolute Gasteiger partial charge is 0.355 e. The third-order valence-electron chi connectivity index (χ3n) is 2.80. The predicted molar refractivity (Wildman–Crippen MR) is 64.8 cm³/mol. The maximum atomic E-state index is 11.5. The lowest BCUT2D eigenvalue weighted by Crippen LogP contribution is -2.39. The molecule has 1 amide bonds. The molecule has 0 aromatic carbocycles. The SMILES string of the molecule is CCN[C@H](C)CNC(=O)CC(C)C(C)C. The second kappa shape index (κ2) is 7.69. The molecule has 2 atom stereocenters. The van der Waals surface area contributed by atoms with E-state index in [9.17, 15) is 4.79 Å². The van der Waals surface area contributed by atoms with Crippen molar-refractivity contribution in [2.45, 2.75) is 47.1 Å². The number of amides is 1. The molecule has 0 spiro atoms. The Hall–Kier alpha value is -0.570. The highest BCUT2D eigenvalue weighted by Gasteiger charge is 2.12. The van der Waals surface area contributed by atoms with Gasteiger partial charge in [-0.15, -0.1) is 0 Å². The van der Waals surface area contributed by atoms with Gasteiger partial charge in [0.15, 0.2) is 0 Å². The van der Waals surface area contributed by atoms with Crippen LogP contribution < -0.4 is 10.6 Å². The molecule has 0 saturated heterocycles. The summed E-state index contributed by atoms with van der Waals surface area (Å²) in [6.45, 7) is 12.2. The first-order valence-corrected chi connectivity index (χ1v) is 5.97. The molecule has 0 aliphatic heterocycles. The average molecular weight is 214 g/mol. The van der Waals surface area contributed by atoms with Gasteiger partial charge in [0.1, 0.15) is 0 Å². The van der Waals surface area contributed by atoms with Crippen LogP contribution >= 0.6 is 0 Å². The molecule has 0 aliphatic rings. The molecule has 0 radical (unpaired) electrons. The summed E-state index contributed by atoms with van der Waals surface area (Å²) in [4.78, 5) is 11.5. The number of carbonyl (C=O) groups excluding carboxylic acids is 1. The molecule has 0 bridgehead atoms. The van der Waals surface area contributed by atoms with Crippen LogP contribution in [-0.2, 0) is 4.79 Å². The molecule has 0 aliphatic carbocycles. The van der Waals surface area contributed by atoms with E-state index in [-0.39, 0.29) is 5.91 Å². The quantitative estimate of drug-likeness (QED) is 0.678. The third-order valence-corrected chi connectivity index (χ3v) is 2.80. The van der Waals surface area contributed by atoms with E-state index in [4.69, 9.17) is 0 Å². The molecule has 2 N–H and O–H groups in total. The van der Waals surface area contributed by atoms with Gasteiger partial charge in [-0.1, -0.05) is 27.7 Å².